The summed E-state index contributed by atoms with van der Waals surface area (Å²) in [7, 11) is -2.95. The van der Waals surface area contributed by atoms with Crippen LogP contribution in [0.2, 0.25) is 0 Å². The Bertz CT molecular complexity index is 1690. The number of nitrogens with zero attached hydrogens (tertiary/aromatic N) is 2. The molecule has 2 aromatic carbocycles. The molecular weight excluding hydrogens is 650 g/mol. The molecule has 49 heavy (non-hydrogen) atoms. The zero-order valence-corrected chi connectivity index (χ0v) is 30.1. The van der Waals surface area contributed by atoms with E-state index in [2.05, 4.69) is 15.4 Å². The third kappa shape index (κ3) is 11.0. The van der Waals surface area contributed by atoms with Crippen LogP contribution in [0.1, 0.15) is 74.3 Å². The van der Waals surface area contributed by atoms with Crippen molar-refractivity contribution in [1.82, 2.24) is 20.3 Å². The largest absolute Gasteiger partial charge is 0.496 e. The van der Waals surface area contributed by atoms with E-state index in [-0.39, 0.29) is 17.2 Å². The molecule has 13 nitrogen and oxygen atoms in total. The first kappa shape index (κ1) is 39.0. The highest BCUT2D eigenvalue weighted by Gasteiger charge is 2.34. The predicted molar refractivity (Wildman–Crippen MR) is 182 cm³/mol. The highest BCUT2D eigenvalue weighted by atomic mass is 32.2. The highest BCUT2D eigenvalue weighted by Crippen LogP contribution is 2.30. The number of ether oxygens (including phenoxy) is 2. The van der Waals surface area contributed by atoms with Crippen molar-refractivity contribution in [2.24, 2.45) is 0 Å². The minimum absolute atomic E-state index is 0.0625. The van der Waals surface area contributed by atoms with E-state index in [1.165, 1.54) is 7.11 Å². The maximum absolute atomic E-state index is 14.0. The quantitative estimate of drug-likeness (QED) is 0.265. The summed E-state index contributed by atoms with van der Waals surface area (Å²) in [6.45, 7) is 10.5. The van der Waals surface area contributed by atoms with Crippen molar-refractivity contribution >= 4 is 33.7 Å². The monoisotopic (exact) mass is 697 g/mol. The number of hydrogen-bond acceptors (Lipinski definition) is 9. The summed E-state index contributed by atoms with van der Waals surface area (Å²) >= 11 is 0. The number of nitrogens with one attached hydrogen (secondary N) is 3. The summed E-state index contributed by atoms with van der Waals surface area (Å²) in [5.74, 6) is -2.26. The second-order valence-electron chi connectivity index (χ2n) is 13.2. The maximum Gasteiger partial charge on any atom is 0.325 e. The van der Waals surface area contributed by atoms with Crippen LogP contribution < -0.4 is 20.1 Å². The van der Waals surface area contributed by atoms with E-state index in [9.17, 15) is 32.9 Å². The first-order chi connectivity index (χ1) is 22.9. The van der Waals surface area contributed by atoms with E-state index in [0.717, 1.165) is 19.3 Å². The summed E-state index contributed by atoms with van der Waals surface area (Å²) in [6, 6.07) is 7.43. The van der Waals surface area contributed by atoms with Gasteiger partial charge in [-0.2, -0.15) is 9.98 Å². The number of piperidine rings is 1. The normalized spacial score (nSPS) is 14.6. The van der Waals surface area contributed by atoms with Crippen molar-refractivity contribution in [1.29, 1.82) is 5.26 Å². The fraction of sp³-hybridized carbons (Fsp3) is 0.514. The average Bonchev–Trinajstić information content (AvgIpc) is 3.04. The van der Waals surface area contributed by atoms with Gasteiger partial charge in [0.05, 0.1) is 30.1 Å². The van der Waals surface area contributed by atoms with Crippen LogP contribution in [0.5, 0.6) is 5.75 Å². The van der Waals surface area contributed by atoms with Crippen LogP contribution in [0.3, 0.4) is 0 Å². The number of likely N-dealkylation sites (tertiary alicyclic amines) is 1. The van der Waals surface area contributed by atoms with Crippen molar-refractivity contribution in [3.63, 3.8) is 0 Å². The number of benzene rings is 2. The van der Waals surface area contributed by atoms with Gasteiger partial charge in [0.1, 0.15) is 30.0 Å². The first-order valence-corrected chi connectivity index (χ1v) is 17.7. The second-order valence-corrected chi connectivity index (χ2v) is 14.8. The van der Waals surface area contributed by atoms with Gasteiger partial charge in [0, 0.05) is 19.5 Å². The lowest BCUT2D eigenvalue weighted by Crippen LogP contribution is -2.56. The van der Waals surface area contributed by atoms with E-state index in [4.69, 9.17) is 9.47 Å². The lowest BCUT2D eigenvalue weighted by Gasteiger charge is -2.31. The van der Waals surface area contributed by atoms with Crippen molar-refractivity contribution in [2.75, 3.05) is 26.7 Å². The number of sulfonamides is 1. The molecule has 2 atom stereocenters. The van der Waals surface area contributed by atoms with E-state index >= 15 is 0 Å². The number of aryl methyl sites for hydroxylation is 1. The molecule has 3 N–H and O–H groups in total. The molecule has 2 aromatic rings. The van der Waals surface area contributed by atoms with Crippen LogP contribution in [0.25, 0.3) is 0 Å². The number of esters is 1. The number of rotatable bonds is 13. The molecule has 0 saturated carbocycles. The van der Waals surface area contributed by atoms with Gasteiger partial charge >= 0.3 is 5.97 Å². The minimum Gasteiger partial charge on any atom is -0.496 e. The van der Waals surface area contributed by atoms with Gasteiger partial charge in [-0.05, 0) is 101 Å². The summed E-state index contributed by atoms with van der Waals surface area (Å²) in [6.07, 6.45) is 1.98. The number of hydrogen-bond donors (Lipinski definition) is 3. The molecule has 2 unspecified atom stereocenters. The predicted octanol–water partition coefficient (Wildman–Crippen LogP) is 2.73. The van der Waals surface area contributed by atoms with Gasteiger partial charge in [0.25, 0.3) is 0 Å². The number of carbonyl (C=O) groups excluding carboxylic acids is 4. The van der Waals surface area contributed by atoms with Gasteiger partial charge in [-0.1, -0.05) is 12.1 Å². The molecule has 1 heterocycles. The minimum atomic E-state index is -4.42. The molecule has 1 aliphatic heterocycles. The molecule has 1 aliphatic rings. The van der Waals surface area contributed by atoms with Crippen molar-refractivity contribution in [3.05, 3.63) is 58.1 Å². The number of methoxy groups -OCH3 is 1. The Balaban J connectivity index is 1.95. The molecular formula is C35H47N5O8S. The average molecular weight is 698 g/mol. The zero-order chi connectivity index (χ0) is 36.5. The summed E-state index contributed by atoms with van der Waals surface area (Å²) in [4.78, 5) is 54.7. The van der Waals surface area contributed by atoms with E-state index in [1.807, 2.05) is 6.07 Å². The van der Waals surface area contributed by atoms with Crippen molar-refractivity contribution in [2.45, 2.75) is 96.2 Å². The molecule has 0 aliphatic carbocycles. The van der Waals surface area contributed by atoms with E-state index in [0.29, 0.717) is 46.7 Å². The van der Waals surface area contributed by atoms with Crippen LogP contribution in [-0.4, -0.2) is 81.4 Å². The number of carbonyl (C=O) groups is 4. The second kappa shape index (κ2) is 16.8. The van der Waals surface area contributed by atoms with Gasteiger partial charge in [-0.15, -0.1) is 0 Å². The van der Waals surface area contributed by atoms with Crippen molar-refractivity contribution in [3.8, 4) is 11.8 Å². The molecule has 0 spiro atoms. The molecule has 3 rings (SSSR count). The lowest BCUT2D eigenvalue weighted by atomic mass is 10.0. The number of nitriles is 1. The first-order valence-electron chi connectivity index (χ1n) is 16.2. The smallest absolute Gasteiger partial charge is 0.325 e. The Hall–Kier alpha value is -4.48. The third-order valence-corrected chi connectivity index (χ3v) is 9.89. The maximum atomic E-state index is 14.0. The molecule has 14 heteroatoms. The Kier molecular flexibility index (Phi) is 13.3. The molecule has 3 amide bonds. The third-order valence-electron chi connectivity index (χ3n) is 8.13. The molecule has 266 valence electrons. The zero-order valence-electron chi connectivity index (χ0n) is 29.3. The molecule has 1 fully saturated rings. The van der Waals surface area contributed by atoms with Gasteiger partial charge in [0.2, 0.25) is 27.7 Å². The van der Waals surface area contributed by atoms with Crippen LogP contribution in [0.15, 0.2) is 35.2 Å². The van der Waals surface area contributed by atoms with Gasteiger partial charge in [-0.3, -0.25) is 19.2 Å². The highest BCUT2D eigenvalue weighted by molar-refractivity contribution is 7.89. The van der Waals surface area contributed by atoms with Gasteiger partial charge in [0.15, 0.2) is 0 Å². The fourth-order valence-corrected chi connectivity index (χ4v) is 7.37. The van der Waals surface area contributed by atoms with Crippen LogP contribution in [0, 0.1) is 32.1 Å². The number of amides is 3. The van der Waals surface area contributed by atoms with Crippen LogP contribution >= 0.6 is 0 Å². The Labute approximate surface area is 288 Å². The van der Waals surface area contributed by atoms with Crippen molar-refractivity contribution < 1.29 is 37.1 Å². The Morgan fingerprint density at radius 3 is 2.18 bits per heavy atom. The lowest BCUT2D eigenvalue weighted by molar-refractivity contribution is -0.154. The molecule has 0 aromatic heterocycles. The summed E-state index contributed by atoms with van der Waals surface area (Å²) in [5, 5.41) is 14.3. The fourth-order valence-electron chi connectivity index (χ4n) is 5.64. The van der Waals surface area contributed by atoms with E-state index < -0.39 is 58.5 Å². The molecule has 1 saturated heterocycles. The Morgan fingerprint density at radius 2 is 1.61 bits per heavy atom. The SMILES string of the molecule is COc1cc(C)c(S(=O)(=O)NC(CC(=O)NCC(=O)OC(C)(C)C)C(=O)NC(Cc2ccc(C#N)cc2)C(=O)N2CCCCC2)c(C)c1C. The van der Waals surface area contributed by atoms with Crippen LogP contribution in [0.4, 0.5) is 0 Å². The standard InChI is InChI=1S/C35H47N5O8S/c1-22-17-29(47-7)23(2)24(3)32(22)49(45,46)39-27(19-30(41)37-21-31(42)48-35(4,5)6)33(43)38-28(34(44)40-15-9-8-10-16-40)18-25-11-13-26(20-36)14-12-25/h11-14,17,27-28,39H,8-10,15-16,18-19,21H2,1-7H3,(H,37,41)(H,38,43). The molecule has 0 bridgehead atoms. The topological polar surface area (TPSA) is 184 Å². The Morgan fingerprint density at radius 1 is 0.980 bits per heavy atom. The van der Waals surface area contributed by atoms with Gasteiger partial charge < -0.3 is 25.0 Å². The van der Waals surface area contributed by atoms with E-state index in [1.54, 1.807) is 76.8 Å². The van der Waals surface area contributed by atoms with Gasteiger partial charge in [-0.25, -0.2) is 8.42 Å². The summed E-state index contributed by atoms with van der Waals surface area (Å²) < 4.78 is 40.9. The van der Waals surface area contributed by atoms with Crippen LogP contribution in [-0.2, 0) is 40.4 Å². The molecule has 0 radical (unpaired) electrons. The summed E-state index contributed by atoms with van der Waals surface area (Å²) in [5.41, 5.74) is 1.65.